The Hall–Kier alpha value is -2.70. The Bertz CT molecular complexity index is 795. The molecule has 0 spiro atoms. The van der Waals surface area contributed by atoms with Crippen LogP contribution in [0.3, 0.4) is 0 Å². The Balaban J connectivity index is 1.29. The van der Waals surface area contributed by atoms with E-state index < -0.39 is 0 Å². The van der Waals surface area contributed by atoms with Crippen LogP contribution in [0.25, 0.3) is 0 Å². The van der Waals surface area contributed by atoms with Crippen LogP contribution in [-0.2, 0) is 11.2 Å². The monoisotopic (exact) mass is 397 g/mol. The molecular weight excluding hydrogens is 369 g/mol. The average Bonchev–Trinajstić information content (AvgIpc) is 3.05. The molecule has 2 aliphatic rings. The summed E-state index contributed by atoms with van der Waals surface area (Å²) in [7, 11) is 0. The second-order valence-electron chi connectivity index (χ2n) is 7.82. The van der Waals surface area contributed by atoms with Crippen molar-refractivity contribution in [1.29, 1.82) is 0 Å². The van der Waals surface area contributed by atoms with Gasteiger partial charge in [-0.3, -0.25) is 4.79 Å². The van der Waals surface area contributed by atoms with Gasteiger partial charge in [-0.15, -0.1) is 10.2 Å². The van der Waals surface area contributed by atoms with E-state index in [4.69, 9.17) is 0 Å². The zero-order valence-electron chi connectivity index (χ0n) is 16.8. The van der Waals surface area contributed by atoms with Crippen LogP contribution in [0.2, 0.25) is 0 Å². The molecule has 2 aliphatic heterocycles. The molecule has 7 heteroatoms. The molecule has 2 fully saturated rings. The standard InChI is InChI=1S/C22H28FN5O/c23-19-7-5-18(6-8-19)17-22(29)28-15-13-27(14-16-28)21-10-9-20(24-25-21)26-11-3-1-2-4-12-26/h5-10H,1-4,11-17H2. The SMILES string of the molecule is O=C(Cc1ccc(F)cc1)N1CCN(c2ccc(N3CCCCCC3)nn2)CC1. The molecule has 0 unspecified atom stereocenters. The Morgan fingerprint density at radius 3 is 1.86 bits per heavy atom. The van der Waals surface area contributed by atoms with Crippen molar-refractivity contribution in [2.75, 3.05) is 49.1 Å². The van der Waals surface area contributed by atoms with Gasteiger partial charge in [0.2, 0.25) is 5.91 Å². The molecule has 0 radical (unpaired) electrons. The number of benzene rings is 1. The lowest BCUT2D eigenvalue weighted by molar-refractivity contribution is -0.130. The molecule has 6 nitrogen and oxygen atoms in total. The van der Waals surface area contributed by atoms with Crippen LogP contribution in [-0.4, -0.2) is 60.3 Å². The van der Waals surface area contributed by atoms with E-state index in [0.717, 1.165) is 43.4 Å². The van der Waals surface area contributed by atoms with E-state index in [9.17, 15) is 9.18 Å². The molecule has 2 aromatic rings. The third-order valence-corrected chi connectivity index (χ3v) is 5.79. The molecule has 2 saturated heterocycles. The summed E-state index contributed by atoms with van der Waals surface area (Å²) in [4.78, 5) is 18.9. The fraction of sp³-hybridized carbons (Fsp3) is 0.500. The van der Waals surface area contributed by atoms with Gasteiger partial charge in [0.1, 0.15) is 5.82 Å². The van der Waals surface area contributed by atoms with Crippen LogP contribution < -0.4 is 9.80 Å². The maximum Gasteiger partial charge on any atom is 0.227 e. The summed E-state index contributed by atoms with van der Waals surface area (Å²) < 4.78 is 13.0. The molecule has 154 valence electrons. The molecule has 0 aliphatic carbocycles. The molecule has 1 amide bonds. The van der Waals surface area contributed by atoms with E-state index in [1.165, 1.54) is 37.8 Å². The smallest absolute Gasteiger partial charge is 0.227 e. The number of hydrogen-bond donors (Lipinski definition) is 0. The summed E-state index contributed by atoms with van der Waals surface area (Å²) in [6.45, 7) is 4.93. The normalized spacial score (nSPS) is 17.9. The van der Waals surface area contributed by atoms with Crippen LogP contribution in [0.15, 0.2) is 36.4 Å². The molecule has 3 heterocycles. The van der Waals surface area contributed by atoms with Crippen LogP contribution in [0.1, 0.15) is 31.2 Å². The Kier molecular flexibility index (Phi) is 6.22. The highest BCUT2D eigenvalue weighted by Gasteiger charge is 2.22. The summed E-state index contributed by atoms with van der Waals surface area (Å²) in [5, 5.41) is 8.91. The predicted octanol–water partition coefficient (Wildman–Crippen LogP) is 2.89. The van der Waals surface area contributed by atoms with Crippen molar-refractivity contribution in [2.45, 2.75) is 32.1 Å². The molecule has 1 aromatic carbocycles. The van der Waals surface area contributed by atoms with Crippen LogP contribution >= 0.6 is 0 Å². The van der Waals surface area contributed by atoms with E-state index >= 15 is 0 Å². The quantitative estimate of drug-likeness (QED) is 0.794. The summed E-state index contributed by atoms with van der Waals surface area (Å²) in [6.07, 6.45) is 5.34. The first-order valence-corrected chi connectivity index (χ1v) is 10.5. The molecule has 4 rings (SSSR count). The van der Waals surface area contributed by atoms with Crippen LogP contribution in [0.4, 0.5) is 16.0 Å². The van der Waals surface area contributed by atoms with Gasteiger partial charge >= 0.3 is 0 Å². The molecule has 1 aromatic heterocycles. The van der Waals surface area contributed by atoms with Crippen molar-refractivity contribution < 1.29 is 9.18 Å². The predicted molar refractivity (Wildman–Crippen MR) is 112 cm³/mol. The minimum atomic E-state index is -0.280. The minimum absolute atomic E-state index is 0.0823. The second-order valence-corrected chi connectivity index (χ2v) is 7.82. The highest BCUT2D eigenvalue weighted by Crippen LogP contribution is 2.20. The van der Waals surface area contributed by atoms with Gasteiger partial charge in [0.05, 0.1) is 6.42 Å². The first-order chi connectivity index (χ1) is 14.2. The van der Waals surface area contributed by atoms with Gasteiger partial charge in [-0.05, 0) is 42.7 Å². The van der Waals surface area contributed by atoms with E-state index in [-0.39, 0.29) is 11.7 Å². The third-order valence-electron chi connectivity index (χ3n) is 5.79. The number of aromatic nitrogens is 2. The lowest BCUT2D eigenvalue weighted by atomic mass is 10.1. The van der Waals surface area contributed by atoms with Gasteiger partial charge in [0.15, 0.2) is 11.6 Å². The minimum Gasteiger partial charge on any atom is -0.355 e. The summed E-state index contributed by atoms with van der Waals surface area (Å²) in [5.41, 5.74) is 0.841. The zero-order valence-corrected chi connectivity index (χ0v) is 16.8. The Morgan fingerprint density at radius 2 is 1.31 bits per heavy atom. The van der Waals surface area contributed by atoms with Crippen molar-refractivity contribution in [1.82, 2.24) is 15.1 Å². The molecule has 0 saturated carbocycles. The number of halogens is 1. The van der Waals surface area contributed by atoms with Crippen molar-refractivity contribution >= 4 is 17.5 Å². The lowest BCUT2D eigenvalue weighted by Gasteiger charge is -2.35. The van der Waals surface area contributed by atoms with Crippen molar-refractivity contribution in [3.63, 3.8) is 0 Å². The highest BCUT2D eigenvalue weighted by atomic mass is 19.1. The van der Waals surface area contributed by atoms with Crippen LogP contribution in [0.5, 0.6) is 0 Å². The maximum absolute atomic E-state index is 13.0. The molecular formula is C22H28FN5O. The molecule has 0 bridgehead atoms. The number of nitrogens with zero attached hydrogens (tertiary/aromatic N) is 5. The zero-order chi connectivity index (χ0) is 20.1. The Morgan fingerprint density at radius 1 is 0.759 bits per heavy atom. The van der Waals surface area contributed by atoms with Gasteiger partial charge in [-0.25, -0.2) is 4.39 Å². The molecule has 0 atom stereocenters. The van der Waals surface area contributed by atoms with Crippen molar-refractivity contribution in [3.05, 3.63) is 47.8 Å². The van der Waals surface area contributed by atoms with E-state index in [2.05, 4.69) is 26.1 Å². The summed E-state index contributed by atoms with van der Waals surface area (Å²) in [5.74, 6) is 1.63. The second kappa shape index (κ2) is 9.20. The number of carbonyl (C=O) groups is 1. The molecule has 0 N–H and O–H groups in total. The highest BCUT2D eigenvalue weighted by molar-refractivity contribution is 5.79. The fourth-order valence-corrected chi connectivity index (χ4v) is 4.03. The lowest BCUT2D eigenvalue weighted by Crippen LogP contribution is -2.49. The van der Waals surface area contributed by atoms with Gasteiger partial charge in [-0.1, -0.05) is 25.0 Å². The van der Waals surface area contributed by atoms with Crippen molar-refractivity contribution in [2.24, 2.45) is 0 Å². The van der Waals surface area contributed by atoms with Crippen LogP contribution in [0, 0.1) is 5.82 Å². The van der Waals surface area contributed by atoms with Gasteiger partial charge in [-0.2, -0.15) is 0 Å². The number of hydrogen-bond acceptors (Lipinski definition) is 5. The summed E-state index contributed by atoms with van der Waals surface area (Å²) in [6, 6.07) is 10.3. The number of piperazine rings is 1. The Labute approximate surface area is 171 Å². The summed E-state index contributed by atoms with van der Waals surface area (Å²) >= 11 is 0. The van der Waals surface area contributed by atoms with Gasteiger partial charge < -0.3 is 14.7 Å². The number of rotatable bonds is 4. The first-order valence-electron chi connectivity index (χ1n) is 10.5. The topological polar surface area (TPSA) is 52.6 Å². The van der Waals surface area contributed by atoms with Gasteiger partial charge in [0, 0.05) is 39.3 Å². The third kappa shape index (κ3) is 5.02. The van der Waals surface area contributed by atoms with E-state index in [1.54, 1.807) is 12.1 Å². The fourth-order valence-electron chi connectivity index (χ4n) is 4.03. The number of carbonyl (C=O) groups excluding carboxylic acids is 1. The maximum atomic E-state index is 13.0. The molecule has 29 heavy (non-hydrogen) atoms. The van der Waals surface area contributed by atoms with Crippen molar-refractivity contribution in [3.8, 4) is 0 Å². The van der Waals surface area contributed by atoms with Gasteiger partial charge in [0.25, 0.3) is 0 Å². The first kappa shape index (κ1) is 19.6. The van der Waals surface area contributed by atoms with E-state index in [0.29, 0.717) is 19.5 Å². The largest absolute Gasteiger partial charge is 0.355 e. The number of anilines is 2. The van der Waals surface area contributed by atoms with E-state index in [1.807, 2.05) is 11.0 Å². The number of amides is 1. The average molecular weight is 397 g/mol.